The lowest BCUT2D eigenvalue weighted by atomic mass is 10.1. The fraction of sp³-hybridized carbons (Fsp3) is 0.375. The van der Waals surface area contributed by atoms with Gasteiger partial charge in [-0.2, -0.15) is 0 Å². The van der Waals surface area contributed by atoms with Crippen LogP contribution in [0.3, 0.4) is 0 Å². The van der Waals surface area contributed by atoms with Crippen LogP contribution in [0.25, 0.3) is 21.6 Å². The summed E-state index contributed by atoms with van der Waals surface area (Å²) in [4.78, 5) is 14.7. The van der Waals surface area contributed by atoms with Gasteiger partial charge in [0.15, 0.2) is 0 Å². The Bertz CT molecular complexity index is 741. The smallest absolute Gasteiger partial charge is 0.140 e. The molecule has 0 aliphatic carbocycles. The number of anilines is 1. The summed E-state index contributed by atoms with van der Waals surface area (Å²) in [7, 11) is 0. The number of rotatable bonds is 2. The molecule has 5 nitrogen and oxygen atoms in total. The maximum atomic E-state index is 4.48. The van der Waals surface area contributed by atoms with Crippen LogP contribution in [0.5, 0.6) is 0 Å². The normalized spacial score (nSPS) is 16.6. The van der Waals surface area contributed by atoms with E-state index in [1.165, 1.54) is 30.3 Å². The quantitative estimate of drug-likeness (QED) is 0.763. The minimum absolute atomic E-state index is 0.890. The highest BCUT2D eigenvalue weighted by Crippen LogP contribution is 2.35. The number of fused-ring (bicyclic) bond motifs is 1. The van der Waals surface area contributed by atoms with Crippen molar-refractivity contribution in [1.82, 2.24) is 20.3 Å². The zero-order valence-electron chi connectivity index (χ0n) is 12.4. The number of nitrogens with zero attached hydrogens (tertiary/aromatic N) is 3. The molecule has 1 fully saturated rings. The summed E-state index contributed by atoms with van der Waals surface area (Å²) in [6, 6.07) is 2.12. The summed E-state index contributed by atoms with van der Waals surface area (Å²) in [6.45, 7) is 3.06. The van der Waals surface area contributed by atoms with Gasteiger partial charge in [-0.3, -0.25) is 5.32 Å². The monoisotopic (exact) mass is 313 g/mol. The number of H-pyrrole nitrogens is 1. The van der Waals surface area contributed by atoms with Crippen LogP contribution in [0.2, 0.25) is 0 Å². The number of hydrogen-bond donors (Lipinski definition) is 2. The van der Waals surface area contributed by atoms with Gasteiger partial charge in [0, 0.05) is 36.1 Å². The van der Waals surface area contributed by atoms with Crippen molar-refractivity contribution in [1.29, 1.82) is 0 Å². The topological polar surface area (TPSA) is 56.8 Å². The number of hydrogen-bond acceptors (Lipinski definition) is 5. The third kappa shape index (κ3) is 2.48. The van der Waals surface area contributed by atoms with E-state index in [1.807, 2.05) is 24.0 Å². The maximum absolute atomic E-state index is 4.48. The second-order valence-corrected chi connectivity index (χ2v) is 6.47. The van der Waals surface area contributed by atoms with E-state index in [-0.39, 0.29) is 0 Å². The van der Waals surface area contributed by atoms with Crippen LogP contribution in [-0.2, 0) is 0 Å². The van der Waals surface area contributed by atoms with Gasteiger partial charge in [-0.15, -0.1) is 11.3 Å². The third-order valence-electron chi connectivity index (χ3n) is 4.14. The predicted molar refractivity (Wildman–Crippen MR) is 91.3 cm³/mol. The zero-order chi connectivity index (χ0) is 14.8. The Hall–Kier alpha value is -1.92. The van der Waals surface area contributed by atoms with Gasteiger partial charge in [-0.25, -0.2) is 9.97 Å². The fourth-order valence-electron chi connectivity index (χ4n) is 3.06. The molecule has 22 heavy (non-hydrogen) atoms. The molecule has 0 unspecified atom stereocenters. The van der Waals surface area contributed by atoms with E-state index in [0.717, 1.165) is 36.0 Å². The van der Waals surface area contributed by atoms with Gasteiger partial charge < -0.3 is 9.88 Å². The second-order valence-electron chi connectivity index (χ2n) is 5.58. The first-order chi connectivity index (χ1) is 10.9. The number of nitrogens with one attached hydrogen (secondary N) is 2. The molecule has 6 heteroatoms. The Labute approximate surface area is 133 Å². The van der Waals surface area contributed by atoms with Gasteiger partial charge in [0.1, 0.15) is 10.7 Å². The predicted octanol–water partition coefficient (Wildman–Crippen LogP) is 3.22. The summed E-state index contributed by atoms with van der Waals surface area (Å²) < 4.78 is 0. The van der Waals surface area contributed by atoms with Crippen LogP contribution in [-0.4, -0.2) is 34.7 Å². The Balaban J connectivity index is 1.81. The first-order valence-electron chi connectivity index (χ1n) is 7.75. The fourth-order valence-corrected chi connectivity index (χ4v) is 3.72. The molecule has 3 aromatic rings. The Morgan fingerprint density at radius 1 is 1.14 bits per heavy atom. The molecule has 0 amide bonds. The summed E-state index contributed by atoms with van der Waals surface area (Å²) in [5.74, 6) is 0. The Morgan fingerprint density at radius 2 is 2.14 bits per heavy atom. The van der Waals surface area contributed by atoms with E-state index in [1.54, 1.807) is 11.3 Å². The highest BCUT2D eigenvalue weighted by Gasteiger charge is 2.17. The van der Waals surface area contributed by atoms with Crippen molar-refractivity contribution in [3.05, 3.63) is 30.0 Å². The Kier molecular flexibility index (Phi) is 3.78. The standard InChI is InChI=1S/C16H19N5S/c1-2-5-17-11-21(8-3-1)13-4-6-18-15-14(13)12(10-20-15)16-19-7-9-22-16/h4,6-7,9-10,17H,1-3,5,8,11H2,(H,18,20). The molecule has 4 heterocycles. The van der Waals surface area contributed by atoms with E-state index < -0.39 is 0 Å². The largest absolute Gasteiger partial charge is 0.358 e. The molecular formula is C16H19N5S. The molecule has 0 saturated carbocycles. The molecule has 4 rings (SSSR count). The minimum atomic E-state index is 0.890. The van der Waals surface area contributed by atoms with Gasteiger partial charge in [-0.05, 0) is 25.5 Å². The van der Waals surface area contributed by atoms with Crippen LogP contribution >= 0.6 is 11.3 Å². The highest BCUT2D eigenvalue weighted by molar-refractivity contribution is 7.13. The number of aromatic amines is 1. The molecule has 3 aromatic heterocycles. The molecule has 0 radical (unpaired) electrons. The van der Waals surface area contributed by atoms with E-state index in [2.05, 4.69) is 31.2 Å². The summed E-state index contributed by atoms with van der Waals surface area (Å²) in [5.41, 5.74) is 3.32. The van der Waals surface area contributed by atoms with Gasteiger partial charge >= 0.3 is 0 Å². The molecule has 1 aliphatic rings. The van der Waals surface area contributed by atoms with Gasteiger partial charge in [0.2, 0.25) is 0 Å². The lowest BCUT2D eigenvalue weighted by Crippen LogP contribution is -2.37. The lowest BCUT2D eigenvalue weighted by Gasteiger charge is -2.28. The van der Waals surface area contributed by atoms with E-state index in [9.17, 15) is 0 Å². The zero-order valence-corrected chi connectivity index (χ0v) is 13.2. The summed E-state index contributed by atoms with van der Waals surface area (Å²) in [5, 5.41) is 7.77. The number of thiazole rings is 1. The average molecular weight is 313 g/mol. The summed E-state index contributed by atoms with van der Waals surface area (Å²) >= 11 is 1.67. The van der Waals surface area contributed by atoms with E-state index in [0.29, 0.717) is 0 Å². The molecular weight excluding hydrogens is 294 g/mol. The van der Waals surface area contributed by atoms with E-state index >= 15 is 0 Å². The maximum Gasteiger partial charge on any atom is 0.140 e. The lowest BCUT2D eigenvalue weighted by molar-refractivity contribution is 0.541. The molecule has 2 N–H and O–H groups in total. The highest BCUT2D eigenvalue weighted by atomic mass is 32.1. The molecule has 1 aliphatic heterocycles. The van der Waals surface area contributed by atoms with Gasteiger partial charge in [0.25, 0.3) is 0 Å². The summed E-state index contributed by atoms with van der Waals surface area (Å²) in [6.07, 6.45) is 9.56. The van der Waals surface area contributed by atoms with Crippen LogP contribution in [0.15, 0.2) is 30.0 Å². The van der Waals surface area contributed by atoms with Crippen molar-refractivity contribution < 1.29 is 0 Å². The Morgan fingerprint density at radius 3 is 3.05 bits per heavy atom. The minimum Gasteiger partial charge on any atom is -0.358 e. The number of aromatic nitrogens is 3. The number of pyridine rings is 1. The molecule has 0 atom stereocenters. The van der Waals surface area contributed by atoms with Crippen molar-refractivity contribution >= 4 is 28.1 Å². The van der Waals surface area contributed by atoms with Crippen molar-refractivity contribution in [3.63, 3.8) is 0 Å². The van der Waals surface area contributed by atoms with Crippen molar-refractivity contribution in [2.45, 2.75) is 19.3 Å². The van der Waals surface area contributed by atoms with Crippen molar-refractivity contribution in [3.8, 4) is 10.6 Å². The van der Waals surface area contributed by atoms with Crippen molar-refractivity contribution in [2.75, 3.05) is 24.7 Å². The van der Waals surface area contributed by atoms with Gasteiger partial charge in [-0.1, -0.05) is 6.42 Å². The molecule has 114 valence electrons. The van der Waals surface area contributed by atoms with Crippen LogP contribution in [0, 0.1) is 0 Å². The first kappa shape index (κ1) is 13.7. The molecule has 1 saturated heterocycles. The molecule has 0 spiro atoms. The first-order valence-corrected chi connectivity index (χ1v) is 8.63. The third-order valence-corrected chi connectivity index (χ3v) is 4.95. The van der Waals surface area contributed by atoms with Crippen LogP contribution < -0.4 is 10.2 Å². The molecule has 0 aromatic carbocycles. The van der Waals surface area contributed by atoms with E-state index in [4.69, 9.17) is 0 Å². The van der Waals surface area contributed by atoms with Gasteiger partial charge in [0.05, 0.1) is 17.7 Å². The molecule has 0 bridgehead atoms. The van der Waals surface area contributed by atoms with Crippen molar-refractivity contribution in [2.24, 2.45) is 0 Å². The van der Waals surface area contributed by atoms with Crippen LogP contribution in [0.1, 0.15) is 19.3 Å². The average Bonchev–Trinajstić information content (AvgIpc) is 3.15. The SMILES string of the molecule is c1csc(-c2c[nH]c3nccc(N4CCCCCNC4)c23)n1. The second kappa shape index (κ2) is 6.06. The van der Waals surface area contributed by atoms with Crippen LogP contribution in [0.4, 0.5) is 5.69 Å².